The van der Waals surface area contributed by atoms with E-state index in [1.54, 1.807) is 26.0 Å². The maximum absolute atomic E-state index is 14.3. The van der Waals surface area contributed by atoms with Crippen LogP contribution in [-0.4, -0.2) is 51.0 Å². The molecule has 1 aliphatic heterocycles. The Balaban J connectivity index is 1.65. The number of nitrogens with zero attached hydrogens (tertiary/aromatic N) is 2. The summed E-state index contributed by atoms with van der Waals surface area (Å²) in [5.74, 6) is -0.679. The first-order valence-corrected chi connectivity index (χ1v) is 9.84. The van der Waals surface area contributed by atoms with Crippen LogP contribution in [0.5, 0.6) is 0 Å². The molecule has 0 radical (unpaired) electrons. The number of hydrogen-bond acceptors (Lipinski definition) is 3. The van der Waals surface area contributed by atoms with Crippen LogP contribution in [0.3, 0.4) is 0 Å². The molecule has 0 spiro atoms. The van der Waals surface area contributed by atoms with Crippen molar-refractivity contribution in [3.8, 4) is 0 Å². The third-order valence-electron chi connectivity index (χ3n) is 5.27. The summed E-state index contributed by atoms with van der Waals surface area (Å²) in [6, 6.07) is 11.1. The summed E-state index contributed by atoms with van der Waals surface area (Å²) >= 11 is 0. The topological polar surface area (TPSA) is 68.8 Å². The monoisotopic (exact) mass is 415 g/mol. The molecule has 0 bridgehead atoms. The molecule has 2 atom stereocenters. The van der Waals surface area contributed by atoms with Crippen molar-refractivity contribution in [2.45, 2.75) is 18.4 Å². The van der Waals surface area contributed by atoms with E-state index in [-0.39, 0.29) is 23.9 Å². The zero-order chi connectivity index (χ0) is 21.7. The minimum atomic E-state index is -0.580. The Morgan fingerprint density at radius 2 is 1.87 bits per heavy atom. The van der Waals surface area contributed by atoms with Gasteiger partial charge in [-0.1, -0.05) is 24.3 Å². The van der Waals surface area contributed by atoms with Crippen molar-refractivity contribution in [1.82, 2.24) is 15.5 Å². The quantitative estimate of drug-likeness (QED) is 0.501. The Morgan fingerprint density at radius 3 is 2.53 bits per heavy atom. The highest BCUT2D eigenvalue weighted by Crippen LogP contribution is 2.31. The molecule has 0 aromatic heterocycles. The number of hydrogen-bond donors (Lipinski definition) is 3. The van der Waals surface area contributed by atoms with Crippen molar-refractivity contribution in [2.24, 2.45) is 4.99 Å². The molecule has 1 heterocycles. The van der Waals surface area contributed by atoms with Gasteiger partial charge in [-0.2, -0.15) is 0 Å². The van der Waals surface area contributed by atoms with Gasteiger partial charge in [-0.15, -0.1) is 0 Å². The van der Waals surface area contributed by atoms with E-state index in [0.29, 0.717) is 18.9 Å². The minimum absolute atomic E-state index is 0.00200. The van der Waals surface area contributed by atoms with E-state index in [4.69, 9.17) is 0 Å². The second-order valence-corrected chi connectivity index (χ2v) is 7.49. The molecule has 3 N–H and O–H groups in total. The van der Waals surface area contributed by atoms with Gasteiger partial charge in [0, 0.05) is 43.7 Å². The zero-order valence-corrected chi connectivity index (χ0v) is 17.4. The Bertz CT molecular complexity index is 911. The van der Waals surface area contributed by atoms with Crippen molar-refractivity contribution in [3.63, 3.8) is 0 Å². The molecule has 2 aromatic rings. The molecule has 1 aliphatic rings. The molecule has 8 heteroatoms. The summed E-state index contributed by atoms with van der Waals surface area (Å²) in [5, 5.41) is 9.25. The first kappa shape index (κ1) is 21.7. The van der Waals surface area contributed by atoms with Crippen molar-refractivity contribution in [2.75, 3.05) is 39.5 Å². The van der Waals surface area contributed by atoms with Gasteiger partial charge in [0.25, 0.3) is 0 Å². The zero-order valence-electron chi connectivity index (χ0n) is 17.4. The lowest BCUT2D eigenvalue weighted by atomic mass is 9.90. The molecule has 3 rings (SSSR count). The van der Waals surface area contributed by atoms with Crippen LogP contribution < -0.4 is 16.0 Å². The number of carbonyl (C=O) groups is 1. The van der Waals surface area contributed by atoms with E-state index in [0.717, 1.165) is 11.3 Å². The highest BCUT2D eigenvalue weighted by molar-refractivity contribution is 5.94. The van der Waals surface area contributed by atoms with Gasteiger partial charge < -0.3 is 20.9 Å². The number of halogens is 2. The van der Waals surface area contributed by atoms with Gasteiger partial charge in [0.15, 0.2) is 5.96 Å². The molecule has 2 aromatic carbocycles. The van der Waals surface area contributed by atoms with Gasteiger partial charge >= 0.3 is 0 Å². The Labute approximate surface area is 175 Å². The molecule has 6 nitrogen and oxygen atoms in total. The fourth-order valence-electron chi connectivity index (χ4n) is 3.69. The number of para-hydroxylation sites is 1. The van der Waals surface area contributed by atoms with Crippen molar-refractivity contribution < 1.29 is 13.6 Å². The number of fused-ring (bicyclic) bond motifs is 1. The number of aliphatic imine (C=N–C) groups is 1. The first-order valence-electron chi connectivity index (χ1n) is 9.84. The molecule has 30 heavy (non-hydrogen) atoms. The summed E-state index contributed by atoms with van der Waals surface area (Å²) in [6.45, 7) is 0.761. The summed E-state index contributed by atoms with van der Waals surface area (Å²) in [6.07, 6.45) is 0.377. The average Bonchev–Trinajstić information content (AvgIpc) is 2.71. The van der Waals surface area contributed by atoms with E-state index >= 15 is 0 Å². The first-order chi connectivity index (χ1) is 14.4. The summed E-state index contributed by atoms with van der Waals surface area (Å²) in [4.78, 5) is 18.0. The van der Waals surface area contributed by atoms with Crippen LogP contribution in [-0.2, 0) is 4.79 Å². The third-order valence-corrected chi connectivity index (χ3v) is 5.27. The summed E-state index contributed by atoms with van der Waals surface area (Å²) in [5.41, 5.74) is 1.91. The predicted molar refractivity (Wildman–Crippen MR) is 115 cm³/mol. The lowest BCUT2D eigenvalue weighted by molar-refractivity contribution is -0.116. The molecule has 2 unspecified atom stereocenters. The standard InChI is InChI=1S/C22H27F2N5O/c1-25-22(26-12-14-11-20(30)28-18-10-5-4-7-15(14)18)27-13-19(29(2)3)21-16(23)8-6-9-17(21)24/h4-10,14,19H,11-13H2,1-3H3,(H,28,30)(H2,25,26,27). The molecule has 1 amide bonds. The van der Waals surface area contributed by atoms with E-state index < -0.39 is 17.7 Å². The van der Waals surface area contributed by atoms with Gasteiger partial charge in [0.1, 0.15) is 11.6 Å². The maximum Gasteiger partial charge on any atom is 0.225 e. The molecule has 0 aliphatic carbocycles. The molecular weight excluding hydrogens is 388 g/mol. The van der Waals surface area contributed by atoms with Crippen LogP contribution in [0.15, 0.2) is 47.5 Å². The number of anilines is 1. The van der Waals surface area contributed by atoms with Gasteiger partial charge in [-0.05, 0) is 37.9 Å². The SMILES string of the molecule is CN=C(NCC1CC(=O)Nc2ccccc21)NCC(c1c(F)cccc1F)N(C)C. The van der Waals surface area contributed by atoms with E-state index in [2.05, 4.69) is 20.9 Å². The van der Waals surface area contributed by atoms with Gasteiger partial charge in [0.2, 0.25) is 5.91 Å². The lowest BCUT2D eigenvalue weighted by Crippen LogP contribution is -2.44. The van der Waals surface area contributed by atoms with Gasteiger partial charge in [0.05, 0.1) is 6.04 Å². The summed E-state index contributed by atoms with van der Waals surface area (Å²) < 4.78 is 28.5. The number of benzene rings is 2. The van der Waals surface area contributed by atoms with E-state index in [9.17, 15) is 13.6 Å². The van der Waals surface area contributed by atoms with Crippen LogP contribution in [0.4, 0.5) is 14.5 Å². The number of amides is 1. The second-order valence-electron chi connectivity index (χ2n) is 7.49. The number of nitrogens with one attached hydrogen (secondary N) is 3. The van der Waals surface area contributed by atoms with Gasteiger partial charge in [-0.3, -0.25) is 9.79 Å². The van der Waals surface area contributed by atoms with E-state index in [1.807, 2.05) is 24.3 Å². The van der Waals surface area contributed by atoms with Crippen molar-refractivity contribution in [3.05, 3.63) is 65.2 Å². The molecular formula is C22H27F2N5O. The van der Waals surface area contributed by atoms with Gasteiger partial charge in [-0.25, -0.2) is 8.78 Å². The normalized spacial score (nSPS) is 17.3. The highest BCUT2D eigenvalue weighted by atomic mass is 19.1. The smallest absolute Gasteiger partial charge is 0.225 e. The van der Waals surface area contributed by atoms with E-state index in [1.165, 1.54) is 18.2 Å². The fraction of sp³-hybridized carbons (Fsp3) is 0.364. The molecule has 0 fully saturated rings. The minimum Gasteiger partial charge on any atom is -0.356 e. The fourth-order valence-corrected chi connectivity index (χ4v) is 3.69. The third kappa shape index (κ3) is 4.94. The van der Waals surface area contributed by atoms with Crippen molar-refractivity contribution in [1.29, 1.82) is 0 Å². The van der Waals surface area contributed by atoms with Crippen LogP contribution in [0.25, 0.3) is 0 Å². The lowest BCUT2D eigenvalue weighted by Gasteiger charge is -2.28. The maximum atomic E-state index is 14.3. The van der Waals surface area contributed by atoms with Crippen LogP contribution in [0.1, 0.15) is 29.5 Å². The van der Waals surface area contributed by atoms with Crippen molar-refractivity contribution >= 4 is 17.6 Å². The number of guanidine groups is 1. The molecule has 0 saturated carbocycles. The van der Waals surface area contributed by atoms with Crippen LogP contribution in [0, 0.1) is 11.6 Å². The Kier molecular flexibility index (Phi) is 6.99. The predicted octanol–water partition coefficient (Wildman–Crippen LogP) is 2.86. The largest absolute Gasteiger partial charge is 0.356 e. The molecule has 160 valence electrons. The number of carbonyl (C=O) groups excluding carboxylic acids is 1. The second kappa shape index (κ2) is 9.67. The summed E-state index contributed by atoms with van der Waals surface area (Å²) in [7, 11) is 5.17. The highest BCUT2D eigenvalue weighted by Gasteiger charge is 2.25. The Hall–Kier alpha value is -3.00. The van der Waals surface area contributed by atoms with Crippen LogP contribution in [0.2, 0.25) is 0 Å². The molecule has 0 saturated heterocycles. The van der Waals surface area contributed by atoms with Crippen LogP contribution >= 0.6 is 0 Å². The average molecular weight is 415 g/mol. The number of rotatable bonds is 6. The number of likely N-dealkylation sites (N-methyl/N-ethyl adjacent to an activating group) is 1. The Morgan fingerprint density at radius 1 is 1.17 bits per heavy atom.